The quantitative estimate of drug-likeness (QED) is 0.406. The first-order chi connectivity index (χ1) is 9.72. The summed E-state index contributed by atoms with van der Waals surface area (Å²) >= 11 is 9.41. The van der Waals surface area contributed by atoms with Gasteiger partial charge < -0.3 is 18.9 Å². The Bertz CT molecular complexity index is 416. The second-order valence-corrected chi connectivity index (χ2v) is 5.83. The molecule has 1 fully saturated rings. The summed E-state index contributed by atoms with van der Waals surface area (Å²) < 4.78 is 20.6. The number of alkyl halides is 2. The lowest BCUT2D eigenvalue weighted by molar-refractivity contribution is -0.195. The number of ether oxygens (including phenoxy) is 4. The highest BCUT2D eigenvalue weighted by Gasteiger charge is 2.48. The van der Waals surface area contributed by atoms with Crippen LogP contribution >= 0.6 is 27.5 Å². The molecule has 0 bridgehead atoms. The zero-order chi connectivity index (χ0) is 16.2. The molecular formula is C12H16BrClO7. The van der Waals surface area contributed by atoms with Crippen molar-refractivity contribution in [2.24, 2.45) is 0 Å². The predicted molar refractivity (Wildman–Crippen MR) is 75.0 cm³/mol. The Labute approximate surface area is 135 Å². The SMILES string of the molecule is CC(=O)OC[C@H]1O[C@H](Br)[C@H](OC(C)=O)[C@@H](OC(C)=O)[C@H]1Cl. The third-order valence-corrected chi connectivity index (χ3v) is 3.88. The predicted octanol–water partition coefficient (Wildman–Crippen LogP) is 1.14. The van der Waals surface area contributed by atoms with Gasteiger partial charge in [0.05, 0.1) is 0 Å². The number of rotatable bonds is 4. The Hall–Kier alpha value is -0.860. The fourth-order valence-corrected chi connectivity index (χ4v) is 2.84. The van der Waals surface area contributed by atoms with Gasteiger partial charge in [-0.05, 0) is 0 Å². The molecule has 0 amide bonds. The zero-order valence-corrected chi connectivity index (χ0v) is 14.0. The largest absolute Gasteiger partial charge is 0.463 e. The van der Waals surface area contributed by atoms with Gasteiger partial charge >= 0.3 is 17.9 Å². The Kier molecular flexibility index (Phi) is 6.89. The maximum atomic E-state index is 11.2. The first-order valence-corrected chi connectivity index (χ1v) is 7.49. The van der Waals surface area contributed by atoms with E-state index >= 15 is 0 Å². The first-order valence-electron chi connectivity index (χ1n) is 6.13. The molecule has 1 rings (SSSR count). The second kappa shape index (κ2) is 7.95. The molecule has 0 N–H and O–H groups in total. The fourth-order valence-electron chi connectivity index (χ4n) is 1.83. The van der Waals surface area contributed by atoms with Gasteiger partial charge in [-0.15, -0.1) is 11.6 Å². The van der Waals surface area contributed by atoms with Crippen LogP contribution in [0.1, 0.15) is 20.8 Å². The van der Waals surface area contributed by atoms with Crippen molar-refractivity contribution in [3.05, 3.63) is 0 Å². The van der Waals surface area contributed by atoms with Gasteiger partial charge in [-0.25, -0.2) is 0 Å². The Morgan fingerprint density at radius 2 is 1.57 bits per heavy atom. The minimum atomic E-state index is -0.924. The minimum absolute atomic E-state index is 0.101. The molecule has 0 radical (unpaired) electrons. The smallest absolute Gasteiger partial charge is 0.303 e. The summed E-state index contributed by atoms with van der Waals surface area (Å²) in [6, 6.07) is 0. The van der Waals surface area contributed by atoms with Crippen LogP contribution in [-0.4, -0.2) is 53.2 Å². The fraction of sp³-hybridized carbons (Fsp3) is 0.750. The molecular weight excluding hydrogens is 371 g/mol. The van der Waals surface area contributed by atoms with Gasteiger partial charge in [0.1, 0.15) is 18.1 Å². The van der Waals surface area contributed by atoms with Crippen LogP contribution in [0.3, 0.4) is 0 Å². The van der Waals surface area contributed by atoms with Crippen LogP contribution < -0.4 is 0 Å². The van der Waals surface area contributed by atoms with E-state index in [1.54, 1.807) is 0 Å². The standard InChI is InChI=1S/C12H16BrClO7/c1-5(15)18-4-8-9(14)10(19-6(2)16)11(12(13)21-8)20-7(3)17/h8-12H,4H2,1-3H3/t8-,9+,10+,11-,12+/m1/s1. The molecule has 9 heteroatoms. The lowest BCUT2D eigenvalue weighted by atomic mass is 10.0. The van der Waals surface area contributed by atoms with E-state index in [-0.39, 0.29) is 6.61 Å². The van der Waals surface area contributed by atoms with Gasteiger partial charge in [0, 0.05) is 20.8 Å². The van der Waals surface area contributed by atoms with E-state index in [1.807, 2.05) is 0 Å². The molecule has 1 aliphatic heterocycles. The van der Waals surface area contributed by atoms with Gasteiger partial charge in [0.2, 0.25) is 0 Å². The molecule has 0 aromatic rings. The lowest BCUT2D eigenvalue weighted by Crippen LogP contribution is -2.57. The first kappa shape index (κ1) is 18.2. The molecule has 1 heterocycles. The van der Waals surface area contributed by atoms with E-state index in [9.17, 15) is 14.4 Å². The van der Waals surface area contributed by atoms with Crippen LogP contribution in [0.4, 0.5) is 0 Å². The highest BCUT2D eigenvalue weighted by atomic mass is 79.9. The van der Waals surface area contributed by atoms with Crippen LogP contribution in [0.25, 0.3) is 0 Å². The van der Waals surface area contributed by atoms with E-state index in [0.717, 1.165) is 0 Å². The van der Waals surface area contributed by atoms with E-state index in [2.05, 4.69) is 15.9 Å². The molecule has 0 unspecified atom stereocenters. The van der Waals surface area contributed by atoms with Crippen LogP contribution in [0.2, 0.25) is 0 Å². The Balaban J connectivity index is 2.87. The molecule has 0 aromatic carbocycles. The van der Waals surface area contributed by atoms with Crippen molar-refractivity contribution < 1.29 is 33.3 Å². The van der Waals surface area contributed by atoms with E-state index in [1.165, 1.54) is 20.8 Å². The zero-order valence-electron chi connectivity index (χ0n) is 11.7. The van der Waals surface area contributed by atoms with Crippen LogP contribution in [0.5, 0.6) is 0 Å². The highest BCUT2D eigenvalue weighted by molar-refractivity contribution is 9.09. The van der Waals surface area contributed by atoms with Crippen molar-refractivity contribution in [3.8, 4) is 0 Å². The van der Waals surface area contributed by atoms with Gasteiger partial charge in [-0.1, -0.05) is 15.9 Å². The number of carbonyl (C=O) groups excluding carboxylic acids is 3. The van der Waals surface area contributed by atoms with Crippen molar-refractivity contribution in [3.63, 3.8) is 0 Å². The van der Waals surface area contributed by atoms with E-state index in [0.29, 0.717) is 0 Å². The van der Waals surface area contributed by atoms with Gasteiger partial charge in [0.25, 0.3) is 0 Å². The van der Waals surface area contributed by atoms with Gasteiger partial charge in [-0.2, -0.15) is 0 Å². The van der Waals surface area contributed by atoms with Crippen molar-refractivity contribution in [2.75, 3.05) is 6.61 Å². The van der Waals surface area contributed by atoms with Gasteiger partial charge in [-0.3, -0.25) is 14.4 Å². The topological polar surface area (TPSA) is 88.1 Å². The summed E-state index contributed by atoms with van der Waals surface area (Å²) in [6.07, 6.45) is -2.54. The van der Waals surface area contributed by atoms with Crippen molar-refractivity contribution in [1.29, 1.82) is 0 Å². The van der Waals surface area contributed by atoms with Crippen LogP contribution in [0.15, 0.2) is 0 Å². The molecule has 1 saturated heterocycles. The van der Waals surface area contributed by atoms with E-state index < -0.39 is 46.6 Å². The normalized spacial score (nSPS) is 32.1. The summed E-state index contributed by atoms with van der Waals surface area (Å²) in [7, 11) is 0. The molecule has 1 aliphatic rings. The molecule has 0 aromatic heterocycles. The molecule has 0 spiro atoms. The number of hydrogen-bond donors (Lipinski definition) is 0. The lowest BCUT2D eigenvalue weighted by Gasteiger charge is -2.41. The summed E-state index contributed by atoms with van der Waals surface area (Å²) in [6.45, 7) is 3.59. The summed E-state index contributed by atoms with van der Waals surface area (Å²) in [5.74, 6) is -1.62. The molecule has 7 nitrogen and oxygen atoms in total. The minimum Gasteiger partial charge on any atom is -0.463 e. The maximum Gasteiger partial charge on any atom is 0.303 e. The number of hydrogen-bond acceptors (Lipinski definition) is 7. The molecule has 0 aliphatic carbocycles. The Morgan fingerprint density at radius 3 is 2.05 bits per heavy atom. The summed E-state index contributed by atoms with van der Waals surface area (Å²) in [5.41, 5.74) is 0. The van der Waals surface area contributed by atoms with Crippen molar-refractivity contribution in [1.82, 2.24) is 0 Å². The van der Waals surface area contributed by atoms with Crippen molar-refractivity contribution >= 4 is 45.4 Å². The van der Waals surface area contributed by atoms with Crippen LogP contribution in [0, 0.1) is 0 Å². The van der Waals surface area contributed by atoms with E-state index in [4.69, 9.17) is 30.5 Å². The third-order valence-electron chi connectivity index (χ3n) is 2.61. The molecule has 120 valence electrons. The number of halogens is 2. The highest BCUT2D eigenvalue weighted by Crippen LogP contribution is 2.32. The van der Waals surface area contributed by atoms with Crippen molar-refractivity contribution in [2.45, 2.75) is 49.5 Å². The van der Waals surface area contributed by atoms with Crippen LogP contribution in [-0.2, 0) is 33.3 Å². The summed E-state index contributed by atoms with van der Waals surface area (Å²) in [4.78, 5) is 33.2. The second-order valence-electron chi connectivity index (χ2n) is 4.42. The monoisotopic (exact) mass is 386 g/mol. The molecule has 5 atom stereocenters. The Morgan fingerprint density at radius 1 is 1.05 bits per heavy atom. The maximum absolute atomic E-state index is 11.2. The summed E-state index contributed by atoms with van der Waals surface area (Å²) in [5, 5.41) is -1.59. The number of esters is 3. The number of carbonyl (C=O) groups is 3. The average Bonchev–Trinajstić information content (AvgIpc) is 2.35. The molecule has 21 heavy (non-hydrogen) atoms. The van der Waals surface area contributed by atoms with Gasteiger partial charge in [0.15, 0.2) is 17.2 Å². The average molecular weight is 388 g/mol. The molecule has 0 saturated carbocycles. The third kappa shape index (κ3) is 5.44.